The van der Waals surface area contributed by atoms with Crippen LogP contribution in [0.1, 0.15) is 12.5 Å². The molecule has 1 aromatic rings. The first-order valence-corrected chi connectivity index (χ1v) is 7.29. The summed E-state index contributed by atoms with van der Waals surface area (Å²) < 4.78 is 11.0. The van der Waals surface area contributed by atoms with Crippen molar-refractivity contribution in [3.63, 3.8) is 0 Å². The average molecular weight is 296 g/mol. The van der Waals surface area contributed by atoms with Crippen LogP contribution in [0.5, 0.6) is 5.75 Å². The molecule has 0 aliphatic carbocycles. The molecule has 0 radical (unpaired) electrons. The molecule has 0 bridgehead atoms. The molecule has 0 amide bonds. The largest absolute Gasteiger partial charge is 0.492 e. The van der Waals surface area contributed by atoms with E-state index in [4.69, 9.17) is 27.4 Å². The number of nitrogens with two attached hydrogens (primary N) is 1. The van der Waals surface area contributed by atoms with E-state index in [0.717, 1.165) is 37.6 Å². The van der Waals surface area contributed by atoms with E-state index in [1.54, 1.807) is 0 Å². The molecule has 0 fully saturated rings. The lowest BCUT2D eigenvalue weighted by Gasteiger charge is -2.16. The monoisotopic (exact) mass is 296 g/mol. The van der Waals surface area contributed by atoms with Gasteiger partial charge in [0.1, 0.15) is 12.4 Å². The SMILES string of the molecule is CCOCCN(C)CCOc1ccc(CC(N)=S)cc1. The Kier molecular flexibility index (Phi) is 8.18. The summed E-state index contributed by atoms with van der Waals surface area (Å²) in [6.45, 7) is 6.00. The molecule has 1 rings (SSSR count). The first-order chi connectivity index (χ1) is 9.61. The van der Waals surface area contributed by atoms with Crippen LogP contribution in [0.15, 0.2) is 24.3 Å². The zero-order valence-electron chi connectivity index (χ0n) is 12.3. The highest BCUT2D eigenvalue weighted by atomic mass is 32.1. The van der Waals surface area contributed by atoms with Crippen molar-refractivity contribution in [1.29, 1.82) is 0 Å². The van der Waals surface area contributed by atoms with Gasteiger partial charge in [-0.05, 0) is 31.7 Å². The Morgan fingerprint density at radius 2 is 1.85 bits per heavy atom. The van der Waals surface area contributed by atoms with Crippen LogP contribution < -0.4 is 10.5 Å². The molecular weight excluding hydrogens is 272 g/mol. The highest BCUT2D eigenvalue weighted by Crippen LogP contribution is 2.12. The molecule has 5 heteroatoms. The van der Waals surface area contributed by atoms with Crippen molar-refractivity contribution in [2.45, 2.75) is 13.3 Å². The van der Waals surface area contributed by atoms with Gasteiger partial charge in [0.2, 0.25) is 0 Å². The van der Waals surface area contributed by atoms with Gasteiger partial charge >= 0.3 is 0 Å². The van der Waals surface area contributed by atoms with E-state index in [0.29, 0.717) is 18.0 Å². The van der Waals surface area contributed by atoms with Gasteiger partial charge in [0, 0.05) is 26.1 Å². The minimum absolute atomic E-state index is 0.509. The van der Waals surface area contributed by atoms with E-state index in [9.17, 15) is 0 Å². The first-order valence-electron chi connectivity index (χ1n) is 6.88. The Balaban J connectivity index is 2.23. The number of hydrogen-bond donors (Lipinski definition) is 1. The molecule has 0 saturated carbocycles. The van der Waals surface area contributed by atoms with Crippen LogP contribution in [-0.4, -0.2) is 49.8 Å². The van der Waals surface area contributed by atoms with Crippen molar-refractivity contribution in [3.05, 3.63) is 29.8 Å². The van der Waals surface area contributed by atoms with Gasteiger partial charge in [-0.3, -0.25) is 0 Å². The zero-order chi connectivity index (χ0) is 14.8. The van der Waals surface area contributed by atoms with Crippen LogP contribution in [0, 0.1) is 0 Å². The van der Waals surface area contributed by atoms with Crippen LogP contribution in [-0.2, 0) is 11.2 Å². The lowest BCUT2D eigenvalue weighted by Crippen LogP contribution is -2.27. The third-order valence-corrected chi connectivity index (χ3v) is 3.01. The highest BCUT2D eigenvalue weighted by molar-refractivity contribution is 7.80. The van der Waals surface area contributed by atoms with E-state index < -0.39 is 0 Å². The molecule has 112 valence electrons. The van der Waals surface area contributed by atoms with E-state index in [2.05, 4.69) is 11.9 Å². The number of benzene rings is 1. The third kappa shape index (κ3) is 7.43. The second-order valence-electron chi connectivity index (χ2n) is 4.64. The molecular formula is C15H24N2O2S. The van der Waals surface area contributed by atoms with Crippen LogP contribution in [0.4, 0.5) is 0 Å². The van der Waals surface area contributed by atoms with E-state index in [-0.39, 0.29) is 0 Å². The maximum absolute atomic E-state index is 5.70. The van der Waals surface area contributed by atoms with Gasteiger partial charge in [0.05, 0.1) is 11.6 Å². The van der Waals surface area contributed by atoms with Gasteiger partial charge in [-0.15, -0.1) is 0 Å². The standard InChI is InChI=1S/C15H24N2O2S/c1-3-18-10-8-17(2)9-11-19-14-6-4-13(5-7-14)12-15(16)20/h4-7H,3,8-12H2,1-2H3,(H2,16,20). The zero-order valence-corrected chi connectivity index (χ0v) is 13.1. The van der Waals surface area contributed by atoms with Crippen LogP contribution >= 0.6 is 12.2 Å². The number of ether oxygens (including phenoxy) is 2. The Bertz CT molecular complexity index is 395. The Hall–Kier alpha value is -1.17. The Morgan fingerprint density at radius 1 is 1.20 bits per heavy atom. The van der Waals surface area contributed by atoms with Gasteiger partial charge in [-0.1, -0.05) is 24.4 Å². The molecule has 0 atom stereocenters. The summed E-state index contributed by atoms with van der Waals surface area (Å²) >= 11 is 4.88. The summed E-state index contributed by atoms with van der Waals surface area (Å²) in [5.74, 6) is 0.870. The smallest absolute Gasteiger partial charge is 0.119 e. The molecule has 0 aliphatic rings. The predicted octanol–water partition coefficient (Wildman–Crippen LogP) is 1.86. The van der Waals surface area contributed by atoms with Gasteiger partial charge in [0.15, 0.2) is 0 Å². The lowest BCUT2D eigenvalue weighted by atomic mass is 10.1. The topological polar surface area (TPSA) is 47.7 Å². The Morgan fingerprint density at radius 3 is 2.45 bits per heavy atom. The first kappa shape index (κ1) is 16.9. The molecule has 0 aliphatic heterocycles. The number of nitrogens with zero attached hydrogens (tertiary/aromatic N) is 1. The summed E-state index contributed by atoms with van der Waals surface area (Å²) in [6.07, 6.45) is 0.635. The van der Waals surface area contributed by atoms with Gasteiger partial charge < -0.3 is 20.1 Å². The fourth-order valence-electron chi connectivity index (χ4n) is 1.70. The predicted molar refractivity (Wildman–Crippen MR) is 86.4 cm³/mol. The lowest BCUT2D eigenvalue weighted by molar-refractivity contribution is 0.116. The third-order valence-electron chi connectivity index (χ3n) is 2.86. The molecule has 0 heterocycles. The Labute approximate surface area is 126 Å². The molecule has 0 aromatic heterocycles. The molecule has 0 unspecified atom stereocenters. The van der Waals surface area contributed by atoms with E-state index in [1.807, 2.05) is 31.2 Å². The van der Waals surface area contributed by atoms with Crippen LogP contribution in [0.3, 0.4) is 0 Å². The van der Waals surface area contributed by atoms with E-state index >= 15 is 0 Å². The van der Waals surface area contributed by atoms with E-state index in [1.165, 1.54) is 0 Å². The minimum Gasteiger partial charge on any atom is -0.492 e. The maximum Gasteiger partial charge on any atom is 0.119 e. The molecule has 20 heavy (non-hydrogen) atoms. The van der Waals surface area contributed by atoms with Gasteiger partial charge in [-0.25, -0.2) is 0 Å². The summed E-state index contributed by atoms with van der Waals surface area (Å²) in [5.41, 5.74) is 6.62. The summed E-state index contributed by atoms with van der Waals surface area (Å²) in [4.78, 5) is 2.70. The van der Waals surface area contributed by atoms with Crippen LogP contribution in [0.2, 0.25) is 0 Å². The number of thiocarbonyl (C=S) groups is 1. The van der Waals surface area contributed by atoms with Crippen molar-refractivity contribution in [2.24, 2.45) is 5.73 Å². The highest BCUT2D eigenvalue weighted by Gasteiger charge is 2.00. The second kappa shape index (κ2) is 9.69. The van der Waals surface area contributed by atoms with Crippen LogP contribution in [0.25, 0.3) is 0 Å². The summed E-state index contributed by atoms with van der Waals surface area (Å²) in [7, 11) is 2.06. The summed E-state index contributed by atoms with van der Waals surface area (Å²) in [5, 5.41) is 0. The number of rotatable bonds is 10. The quantitative estimate of drug-likeness (QED) is 0.527. The summed E-state index contributed by atoms with van der Waals surface area (Å²) in [6, 6.07) is 7.89. The average Bonchev–Trinajstić information content (AvgIpc) is 2.40. The number of hydrogen-bond acceptors (Lipinski definition) is 4. The molecule has 0 saturated heterocycles. The van der Waals surface area contributed by atoms with Crippen molar-refractivity contribution in [3.8, 4) is 5.75 Å². The normalized spacial score (nSPS) is 10.8. The fraction of sp³-hybridized carbons (Fsp3) is 0.533. The molecule has 0 spiro atoms. The van der Waals surface area contributed by atoms with Crippen molar-refractivity contribution in [1.82, 2.24) is 4.90 Å². The molecule has 1 aromatic carbocycles. The van der Waals surface area contributed by atoms with Crippen molar-refractivity contribution in [2.75, 3.05) is 40.0 Å². The van der Waals surface area contributed by atoms with Gasteiger partial charge in [-0.2, -0.15) is 0 Å². The molecule has 2 N–H and O–H groups in total. The number of likely N-dealkylation sites (N-methyl/N-ethyl adjacent to an activating group) is 1. The van der Waals surface area contributed by atoms with Crippen molar-refractivity contribution < 1.29 is 9.47 Å². The maximum atomic E-state index is 5.70. The van der Waals surface area contributed by atoms with Gasteiger partial charge in [0.25, 0.3) is 0 Å². The minimum atomic E-state index is 0.509. The molecule has 4 nitrogen and oxygen atoms in total. The fourth-order valence-corrected chi connectivity index (χ4v) is 1.87. The van der Waals surface area contributed by atoms with Crippen molar-refractivity contribution >= 4 is 17.2 Å². The second-order valence-corrected chi connectivity index (χ2v) is 5.16.